The highest BCUT2D eigenvalue weighted by molar-refractivity contribution is 5.90. The van der Waals surface area contributed by atoms with E-state index in [1.54, 1.807) is 12.1 Å². The van der Waals surface area contributed by atoms with E-state index >= 15 is 0 Å². The Morgan fingerprint density at radius 2 is 2.00 bits per heavy atom. The first-order valence-electron chi connectivity index (χ1n) is 5.21. The van der Waals surface area contributed by atoms with Crippen LogP contribution >= 0.6 is 0 Å². The maximum Gasteiger partial charge on any atom is 0.337 e. The first kappa shape index (κ1) is 11.4. The Morgan fingerprint density at radius 3 is 2.59 bits per heavy atom. The van der Waals surface area contributed by atoms with E-state index in [9.17, 15) is 9.90 Å². The van der Waals surface area contributed by atoms with E-state index in [2.05, 4.69) is 4.74 Å². The topological polar surface area (TPSA) is 51.5 Å². The molecule has 0 aliphatic carbocycles. The molecule has 0 saturated heterocycles. The lowest BCUT2D eigenvalue weighted by atomic mass is 10.1. The van der Waals surface area contributed by atoms with E-state index in [0.29, 0.717) is 11.1 Å². The van der Waals surface area contributed by atoms with Gasteiger partial charge in [0.1, 0.15) is 0 Å². The van der Waals surface area contributed by atoms with Gasteiger partial charge in [0, 0.05) is 18.1 Å². The van der Waals surface area contributed by atoms with Crippen LogP contribution in [0.5, 0.6) is 0 Å². The van der Waals surface area contributed by atoms with Crippen molar-refractivity contribution in [2.45, 2.75) is 6.61 Å². The van der Waals surface area contributed by atoms with E-state index in [-0.39, 0.29) is 6.61 Å². The molecular weight excluding hydrogens is 218 g/mol. The van der Waals surface area contributed by atoms with Crippen LogP contribution in [-0.4, -0.2) is 22.8 Å². The van der Waals surface area contributed by atoms with Crippen LogP contribution in [0.2, 0.25) is 0 Å². The van der Waals surface area contributed by atoms with Crippen LogP contribution in [0.4, 0.5) is 0 Å². The Kier molecular flexibility index (Phi) is 3.25. The fraction of sp³-hybridized carbons (Fsp3) is 0.154. The second kappa shape index (κ2) is 4.84. The summed E-state index contributed by atoms with van der Waals surface area (Å²) >= 11 is 0. The average Bonchev–Trinajstić information content (AvgIpc) is 2.91. The Bertz CT molecular complexity index is 517. The number of aromatic nitrogens is 1. The summed E-state index contributed by atoms with van der Waals surface area (Å²) in [6, 6.07) is 8.96. The average molecular weight is 231 g/mol. The van der Waals surface area contributed by atoms with Crippen molar-refractivity contribution in [1.29, 1.82) is 0 Å². The Labute approximate surface area is 99.1 Å². The van der Waals surface area contributed by atoms with Gasteiger partial charge >= 0.3 is 5.97 Å². The number of aliphatic hydroxyl groups excluding tert-OH is 1. The molecule has 0 aliphatic rings. The molecule has 4 heteroatoms. The highest BCUT2D eigenvalue weighted by atomic mass is 16.5. The third-order valence-corrected chi connectivity index (χ3v) is 2.48. The molecule has 1 aromatic heterocycles. The van der Waals surface area contributed by atoms with Gasteiger partial charge in [-0.2, -0.15) is 0 Å². The minimum absolute atomic E-state index is 0.112. The number of carbonyl (C=O) groups excluding carboxylic acids is 1. The maximum atomic E-state index is 11.5. The number of hydrogen-bond donors (Lipinski definition) is 1. The molecule has 1 heterocycles. The summed E-state index contributed by atoms with van der Waals surface area (Å²) in [6.07, 6.45) is 3.75. The normalized spacial score (nSPS) is 10.2. The van der Waals surface area contributed by atoms with Crippen molar-refractivity contribution >= 4 is 5.97 Å². The number of aliphatic hydroxyl groups is 1. The number of rotatable bonds is 3. The summed E-state index contributed by atoms with van der Waals surface area (Å²) in [4.78, 5) is 11.5. The van der Waals surface area contributed by atoms with Crippen molar-refractivity contribution in [3.63, 3.8) is 0 Å². The highest BCUT2D eigenvalue weighted by Gasteiger charge is 2.09. The molecule has 0 bridgehead atoms. The molecule has 88 valence electrons. The molecule has 0 atom stereocenters. The lowest BCUT2D eigenvalue weighted by Gasteiger charge is -2.08. The van der Waals surface area contributed by atoms with Crippen molar-refractivity contribution in [2.75, 3.05) is 7.11 Å². The molecule has 4 nitrogen and oxygen atoms in total. The Hall–Kier alpha value is -2.07. The van der Waals surface area contributed by atoms with Gasteiger partial charge in [-0.05, 0) is 35.9 Å². The third-order valence-electron chi connectivity index (χ3n) is 2.48. The minimum atomic E-state index is -0.409. The van der Waals surface area contributed by atoms with Gasteiger partial charge in [-0.25, -0.2) is 4.79 Å². The number of nitrogens with zero attached hydrogens (tertiary/aromatic N) is 1. The fourth-order valence-electron chi connectivity index (χ4n) is 1.66. The van der Waals surface area contributed by atoms with Crippen LogP contribution in [-0.2, 0) is 11.3 Å². The third kappa shape index (κ3) is 2.37. The van der Waals surface area contributed by atoms with Crippen LogP contribution in [0.1, 0.15) is 15.9 Å². The molecule has 2 aromatic rings. The van der Waals surface area contributed by atoms with Crippen LogP contribution < -0.4 is 0 Å². The van der Waals surface area contributed by atoms with E-state index in [4.69, 9.17) is 0 Å². The highest BCUT2D eigenvalue weighted by Crippen LogP contribution is 2.15. The second-order valence-electron chi connectivity index (χ2n) is 3.63. The number of carbonyl (C=O) groups is 1. The number of benzene rings is 1. The minimum Gasteiger partial charge on any atom is -0.465 e. The molecular formula is C13H13NO3. The molecule has 0 amide bonds. The largest absolute Gasteiger partial charge is 0.465 e. The second-order valence-corrected chi connectivity index (χ2v) is 3.63. The lowest BCUT2D eigenvalue weighted by molar-refractivity contribution is 0.0600. The lowest BCUT2D eigenvalue weighted by Crippen LogP contribution is -2.04. The maximum absolute atomic E-state index is 11.5. The van der Waals surface area contributed by atoms with Crippen LogP contribution in [0.15, 0.2) is 42.7 Å². The molecule has 0 saturated carbocycles. The summed E-state index contributed by atoms with van der Waals surface area (Å²) in [7, 11) is 1.34. The molecule has 1 N–H and O–H groups in total. The van der Waals surface area contributed by atoms with E-state index in [1.807, 2.05) is 35.2 Å². The standard InChI is InChI=1S/C13H13NO3/c1-17-13(16)11-6-10(9-15)7-12(8-11)14-4-2-3-5-14/h2-8,15H,9H2,1H3. The predicted molar refractivity (Wildman–Crippen MR) is 63.0 cm³/mol. The number of ether oxygens (including phenoxy) is 1. The zero-order valence-electron chi connectivity index (χ0n) is 9.46. The van der Waals surface area contributed by atoms with Gasteiger partial charge in [0.15, 0.2) is 0 Å². The number of methoxy groups -OCH3 is 1. The van der Waals surface area contributed by atoms with Gasteiger partial charge < -0.3 is 14.4 Å². The van der Waals surface area contributed by atoms with Gasteiger partial charge in [0.05, 0.1) is 19.3 Å². The summed E-state index contributed by atoms with van der Waals surface area (Å²) in [5.74, 6) is -0.409. The smallest absolute Gasteiger partial charge is 0.337 e. The number of esters is 1. The Balaban J connectivity index is 2.49. The van der Waals surface area contributed by atoms with Crippen LogP contribution in [0.3, 0.4) is 0 Å². The van der Waals surface area contributed by atoms with Gasteiger partial charge in [0.2, 0.25) is 0 Å². The van der Waals surface area contributed by atoms with Crippen molar-refractivity contribution in [3.05, 3.63) is 53.9 Å². The summed E-state index contributed by atoms with van der Waals surface area (Å²) < 4.78 is 6.54. The SMILES string of the molecule is COC(=O)c1cc(CO)cc(-n2cccc2)c1. The molecule has 1 aromatic carbocycles. The molecule has 0 spiro atoms. The molecule has 17 heavy (non-hydrogen) atoms. The monoisotopic (exact) mass is 231 g/mol. The van der Waals surface area contributed by atoms with Crippen LogP contribution in [0.25, 0.3) is 5.69 Å². The van der Waals surface area contributed by atoms with E-state index < -0.39 is 5.97 Å². The molecule has 0 aliphatic heterocycles. The van der Waals surface area contributed by atoms with Gasteiger partial charge in [-0.1, -0.05) is 0 Å². The zero-order chi connectivity index (χ0) is 12.3. The van der Waals surface area contributed by atoms with Crippen molar-refractivity contribution in [1.82, 2.24) is 4.57 Å². The van der Waals surface area contributed by atoms with Gasteiger partial charge in [-0.3, -0.25) is 0 Å². The van der Waals surface area contributed by atoms with Crippen molar-refractivity contribution < 1.29 is 14.6 Å². The van der Waals surface area contributed by atoms with Gasteiger partial charge in [0.25, 0.3) is 0 Å². The van der Waals surface area contributed by atoms with Gasteiger partial charge in [-0.15, -0.1) is 0 Å². The molecule has 0 fully saturated rings. The van der Waals surface area contributed by atoms with Crippen molar-refractivity contribution in [2.24, 2.45) is 0 Å². The summed E-state index contributed by atoms with van der Waals surface area (Å²) in [5.41, 5.74) is 1.93. The summed E-state index contributed by atoms with van der Waals surface area (Å²) in [5, 5.41) is 9.18. The predicted octanol–water partition coefficient (Wildman–Crippen LogP) is 1.76. The summed E-state index contributed by atoms with van der Waals surface area (Å²) in [6.45, 7) is -0.112. The first-order chi connectivity index (χ1) is 8.24. The molecule has 2 rings (SSSR count). The molecule has 0 unspecified atom stereocenters. The van der Waals surface area contributed by atoms with Crippen LogP contribution in [0, 0.1) is 0 Å². The van der Waals surface area contributed by atoms with Crippen molar-refractivity contribution in [3.8, 4) is 5.69 Å². The number of hydrogen-bond acceptors (Lipinski definition) is 3. The molecule has 0 radical (unpaired) electrons. The zero-order valence-corrected chi connectivity index (χ0v) is 9.46. The van der Waals surface area contributed by atoms with E-state index in [1.165, 1.54) is 7.11 Å². The first-order valence-corrected chi connectivity index (χ1v) is 5.21. The Morgan fingerprint density at radius 1 is 1.29 bits per heavy atom. The fourth-order valence-corrected chi connectivity index (χ4v) is 1.66. The van der Waals surface area contributed by atoms with E-state index in [0.717, 1.165) is 5.69 Å². The quantitative estimate of drug-likeness (QED) is 0.819.